The molecule has 0 rings (SSSR count). The van der Waals surface area contributed by atoms with Gasteiger partial charge in [-0.25, -0.2) is 0 Å². The second-order valence-corrected chi connectivity index (χ2v) is 4.37. The highest BCUT2D eigenvalue weighted by Gasteiger charge is 2.12. The summed E-state index contributed by atoms with van der Waals surface area (Å²) in [7, 11) is 0. The molecule has 0 spiro atoms. The molecule has 0 amide bonds. The van der Waals surface area contributed by atoms with Gasteiger partial charge in [-0.15, -0.1) is 0 Å². The Balaban J connectivity index is 3.16. The van der Waals surface area contributed by atoms with Crippen LogP contribution in [0.5, 0.6) is 0 Å². The van der Waals surface area contributed by atoms with Gasteiger partial charge in [-0.05, 0) is 46.2 Å². The molecule has 80 valence electrons. The SMILES string of the molecule is CCC(C)(C)NCCCCCCN. The van der Waals surface area contributed by atoms with Crippen LogP contribution in [0, 0.1) is 0 Å². The molecule has 0 aromatic carbocycles. The Morgan fingerprint density at radius 2 is 1.69 bits per heavy atom. The predicted octanol–water partition coefficient (Wildman–Crippen LogP) is 2.28. The third-order valence-electron chi connectivity index (χ3n) is 2.62. The van der Waals surface area contributed by atoms with Gasteiger partial charge < -0.3 is 11.1 Å². The molecule has 0 heterocycles. The zero-order valence-electron chi connectivity index (χ0n) is 9.53. The number of hydrogen-bond acceptors (Lipinski definition) is 2. The molecule has 0 aliphatic heterocycles. The molecule has 0 radical (unpaired) electrons. The molecule has 3 N–H and O–H groups in total. The Kier molecular flexibility index (Phi) is 7.29. The standard InChI is InChI=1S/C11H26N2/c1-4-11(2,3)13-10-8-6-5-7-9-12/h13H,4-10,12H2,1-3H3. The minimum absolute atomic E-state index is 0.313. The molecule has 0 aliphatic carbocycles. The van der Waals surface area contributed by atoms with Gasteiger partial charge in [0.1, 0.15) is 0 Å². The van der Waals surface area contributed by atoms with Crippen molar-refractivity contribution >= 4 is 0 Å². The maximum absolute atomic E-state index is 5.42. The van der Waals surface area contributed by atoms with E-state index in [1.165, 1.54) is 32.1 Å². The first-order valence-electron chi connectivity index (χ1n) is 5.57. The van der Waals surface area contributed by atoms with Crippen molar-refractivity contribution < 1.29 is 0 Å². The monoisotopic (exact) mass is 186 g/mol. The van der Waals surface area contributed by atoms with Crippen LogP contribution in [0.2, 0.25) is 0 Å². The van der Waals surface area contributed by atoms with Crippen LogP contribution in [-0.4, -0.2) is 18.6 Å². The van der Waals surface area contributed by atoms with Crippen LogP contribution < -0.4 is 11.1 Å². The smallest absolute Gasteiger partial charge is 0.0122 e. The minimum atomic E-state index is 0.313. The second-order valence-electron chi connectivity index (χ2n) is 4.37. The first-order chi connectivity index (χ1) is 6.12. The molecule has 13 heavy (non-hydrogen) atoms. The van der Waals surface area contributed by atoms with Crippen molar-refractivity contribution in [2.75, 3.05) is 13.1 Å². The van der Waals surface area contributed by atoms with Crippen LogP contribution in [0.3, 0.4) is 0 Å². The van der Waals surface area contributed by atoms with E-state index in [2.05, 4.69) is 26.1 Å². The van der Waals surface area contributed by atoms with E-state index in [1.54, 1.807) is 0 Å². The molecular formula is C11H26N2. The van der Waals surface area contributed by atoms with Crippen molar-refractivity contribution in [3.8, 4) is 0 Å². The van der Waals surface area contributed by atoms with E-state index in [0.29, 0.717) is 5.54 Å². The van der Waals surface area contributed by atoms with Gasteiger partial charge >= 0.3 is 0 Å². The average Bonchev–Trinajstić information content (AvgIpc) is 2.11. The van der Waals surface area contributed by atoms with Gasteiger partial charge in [0, 0.05) is 5.54 Å². The first-order valence-corrected chi connectivity index (χ1v) is 5.57. The molecule has 0 saturated carbocycles. The molecule has 0 unspecified atom stereocenters. The van der Waals surface area contributed by atoms with Gasteiger partial charge in [0.05, 0.1) is 0 Å². The molecule has 0 saturated heterocycles. The highest BCUT2D eigenvalue weighted by molar-refractivity contribution is 4.74. The summed E-state index contributed by atoms with van der Waals surface area (Å²) in [5.74, 6) is 0. The Morgan fingerprint density at radius 3 is 2.23 bits per heavy atom. The molecule has 0 aromatic rings. The molecule has 0 atom stereocenters. The largest absolute Gasteiger partial charge is 0.330 e. The van der Waals surface area contributed by atoms with Gasteiger partial charge in [0.2, 0.25) is 0 Å². The van der Waals surface area contributed by atoms with Crippen LogP contribution in [-0.2, 0) is 0 Å². The maximum atomic E-state index is 5.42. The summed E-state index contributed by atoms with van der Waals surface area (Å²) >= 11 is 0. The summed E-state index contributed by atoms with van der Waals surface area (Å²) in [5.41, 5.74) is 5.73. The van der Waals surface area contributed by atoms with Crippen LogP contribution in [0.15, 0.2) is 0 Å². The quantitative estimate of drug-likeness (QED) is 0.571. The average molecular weight is 186 g/mol. The van der Waals surface area contributed by atoms with E-state index in [4.69, 9.17) is 5.73 Å². The van der Waals surface area contributed by atoms with Gasteiger partial charge in [-0.1, -0.05) is 19.8 Å². The summed E-state index contributed by atoms with van der Waals surface area (Å²) in [5, 5.41) is 3.55. The number of hydrogen-bond donors (Lipinski definition) is 2. The Hall–Kier alpha value is -0.0800. The lowest BCUT2D eigenvalue weighted by molar-refractivity contribution is 0.371. The van der Waals surface area contributed by atoms with Crippen molar-refractivity contribution in [1.82, 2.24) is 5.32 Å². The topological polar surface area (TPSA) is 38.0 Å². The fourth-order valence-electron chi connectivity index (χ4n) is 1.17. The molecule has 2 nitrogen and oxygen atoms in total. The third-order valence-corrected chi connectivity index (χ3v) is 2.62. The lowest BCUT2D eigenvalue weighted by atomic mass is 10.0. The number of unbranched alkanes of at least 4 members (excludes halogenated alkanes) is 3. The third kappa shape index (κ3) is 8.26. The fraction of sp³-hybridized carbons (Fsp3) is 1.00. The van der Waals surface area contributed by atoms with E-state index >= 15 is 0 Å². The van der Waals surface area contributed by atoms with Crippen LogP contribution in [0.25, 0.3) is 0 Å². The van der Waals surface area contributed by atoms with E-state index in [9.17, 15) is 0 Å². The number of nitrogens with two attached hydrogens (primary N) is 1. The highest BCUT2D eigenvalue weighted by Crippen LogP contribution is 2.07. The van der Waals surface area contributed by atoms with E-state index in [0.717, 1.165) is 13.1 Å². The number of nitrogens with one attached hydrogen (secondary N) is 1. The van der Waals surface area contributed by atoms with Gasteiger partial charge in [0.25, 0.3) is 0 Å². The van der Waals surface area contributed by atoms with Crippen molar-refractivity contribution in [2.45, 2.75) is 58.4 Å². The lowest BCUT2D eigenvalue weighted by Gasteiger charge is -2.24. The summed E-state index contributed by atoms with van der Waals surface area (Å²) in [6, 6.07) is 0. The Bertz CT molecular complexity index is 111. The van der Waals surface area contributed by atoms with Crippen molar-refractivity contribution in [3.05, 3.63) is 0 Å². The molecule has 0 aromatic heterocycles. The minimum Gasteiger partial charge on any atom is -0.330 e. The zero-order valence-corrected chi connectivity index (χ0v) is 9.53. The van der Waals surface area contributed by atoms with Gasteiger partial charge in [-0.3, -0.25) is 0 Å². The van der Waals surface area contributed by atoms with Crippen molar-refractivity contribution in [3.63, 3.8) is 0 Å². The normalized spacial score (nSPS) is 12.0. The summed E-state index contributed by atoms with van der Waals surface area (Å²) in [6.07, 6.45) is 6.24. The molecule has 2 heteroatoms. The van der Waals surface area contributed by atoms with Crippen LogP contribution in [0.1, 0.15) is 52.9 Å². The predicted molar refractivity (Wildman–Crippen MR) is 59.9 cm³/mol. The second kappa shape index (κ2) is 7.34. The van der Waals surface area contributed by atoms with Gasteiger partial charge in [-0.2, -0.15) is 0 Å². The summed E-state index contributed by atoms with van der Waals surface area (Å²) < 4.78 is 0. The summed E-state index contributed by atoms with van der Waals surface area (Å²) in [4.78, 5) is 0. The lowest BCUT2D eigenvalue weighted by Crippen LogP contribution is -2.38. The Morgan fingerprint density at radius 1 is 1.08 bits per heavy atom. The Labute approximate surface area is 83.3 Å². The molecule has 0 fully saturated rings. The fourth-order valence-corrected chi connectivity index (χ4v) is 1.17. The highest BCUT2D eigenvalue weighted by atomic mass is 14.9. The maximum Gasteiger partial charge on any atom is 0.0122 e. The van der Waals surface area contributed by atoms with Crippen molar-refractivity contribution in [2.24, 2.45) is 5.73 Å². The molecule has 0 aliphatic rings. The van der Waals surface area contributed by atoms with E-state index in [1.807, 2.05) is 0 Å². The van der Waals surface area contributed by atoms with E-state index in [-0.39, 0.29) is 0 Å². The van der Waals surface area contributed by atoms with E-state index < -0.39 is 0 Å². The molecule has 0 bridgehead atoms. The van der Waals surface area contributed by atoms with Crippen molar-refractivity contribution in [1.29, 1.82) is 0 Å². The molecular weight excluding hydrogens is 160 g/mol. The first kappa shape index (κ1) is 12.9. The van der Waals surface area contributed by atoms with Crippen LogP contribution in [0.4, 0.5) is 0 Å². The number of rotatable bonds is 8. The van der Waals surface area contributed by atoms with Crippen LogP contribution >= 0.6 is 0 Å². The summed E-state index contributed by atoms with van der Waals surface area (Å²) in [6.45, 7) is 8.72. The van der Waals surface area contributed by atoms with Gasteiger partial charge in [0.15, 0.2) is 0 Å². The zero-order chi connectivity index (χ0) is 10.2.